The number of hydrogen-bond donors (Lipinski definition) is 0. The molecule has 0 saturated heterocycles. The summed E-state index contributed by atoms with van der Waals surface area (Å²) in [5.41, 5.74) is -0.0345. The van der Waals surface area contributed by atoms with Crippen molar-refractivity contribution in [3.63, 3.8) is 0 Å². The van der Waals surface area contributed by atoms with Gasteiger partial charge in [-0.25, -0.2) is 13.5 Å². The third kappa shape index (κ3) is 7.57. The highest BCUT2D eigenvalue weighted by Gasteiger charge is 2.48. The zero-order valence-corrected chi connectivity index (χ0v) is 24.0. The highest BCUT2D eigenvalue weighted by molar-refractivity contribution is 5.84. The molecule has 4 aromatic rings. The number of alkyl halides is 7. The minimum Gasteiger partial charge on any atom is -0.432 e. The van der Waals surface area contributed by atoms with Crippen molar-refractivity contribution in [1.82, 2.24) is 0 Å². The van der Waals surface area contributed by atoms with Crippen LogP contribution < -0.4 is 4.74 Å². The Bertz CT molecular complexity index is 1660. The van der Waals surface area contributed by atoms with Crippen molar-refractivity contribution < 1.29 is 49.0 Å². The maximum absolute atomic E-state index is 15.2. The smallest absolute Gasteiger partial charge is 0.432 e. The van der Waals surface area contributed by atoms with E-state index in [1.54, 1.807) is 0 Å². The molecule has 0 aliphatic heterocycles. The zero-order valence-electron chi connectivity index (χ0n) is 24.0. The van der Waals surface area contributed by atoms with Gasteiger partial charge in [0.15, 0.2) is 0 Å². The van der Waals surface area contributed by atoms with Crippen molar-refractivity contribution in [3.05, 3.63) is 101 Å². The van der Waals surface area contributed by atoms with Gasteiger partial charge in [-0.2, -0.15) is 17.6 Å². The zero-order chi connectivity index (χ0) is 32.6. The van der Waals surface area contributed by atoms with Gasteiger partial charge in [0.05, 0.1) is 11.5 Å². The summed E-state index contributed by atoms with van der Waals surface area (Å²) in [7, 11) is 0. The summed E-state index contributed by atoms with van der Waals surface area (Å²) in [6.45, 7) is 2.12. The fourth-order valence-corrected chi connectivity index (χ4v) is 5.93. The van der Waals surface area contributed by atoms with E-state index in [1.165, 1.54) is 5.56 Å². The molecule has 0 spiro atoms. The van der Waals surface area contributed by atoms with E-state index in [0.29, 0.717) is 31.0 Å². The molecule has 0 radical (unpaired) electrons. The van der Waals surface area contributed by atoms with E-state index >= 15 is 8.78 Å². The fourth-order valence-electron chi connectivity index (χ4n) is 5.93. The minimum atomic E-state index is -5.74. The van der Waals surface area contributed by atoms with Gasteiger partial charge < -0.3 is 4.74 Å². The molecular formula is C34H29F9O2. The van der Waals surface area contributed by atoms with Crippen LogP contribution in [0.5, 0.6) is 5.75 Å². The fraction of sp³-hybridized carbons (Fsp3) is 0.353. The van der Waals surface area contributed by atoms with Crippen LogP contribution in [0.15, 0.2) is 72.8 Å². The van der Waals surface area contributed by atoms with Gasteiger partial charge in [0.25, 0.3) is 0 Å². The van der Waals surface area contributed by atoms with Crippen molar-refractivity contribution in [1.29, 1.82) is 0 Å². The highest BCUT2D eigenvalue weighted by Crippen LogP contribution is 2.44. The minimum absolute atomic E-state index is 0.111. The van der Waals surface area contributed by atoms with Crippen molar-refractivity contribution in [2.45, 2.75) is 69.9 Å². The van der Waals surface area contributed by atoms with E-state index in [4.69, 9.17) is 4.74 Å². The summed E-state index contributed by atoms with van der Waals surface area (Å²) in [5.74, 6) is -4.41. The molecular weight excluding hydrogens is 611 g/mol. The van der Waals surface area contributed by atoms with Crippen LogP contribution in [0.3, 0.4) is 0 Å². The van der Waals surface area contributed by atoms with Gasteiger partial charge in [-0.15, -0.1) is 13.2 Å². The lowest BCUT2D eigenvalue weighted by atomic mass is 9.78. The highest BCUT2D eigenvalue weighted by atomic mass is 19.4. The lowest BCUT2D eigenvalue weighted by Gasteiger charge is -2.33. The molecule has 45 heavy (non-hydrogen) atoms. The van der Waals surface area contributed by atoms with Crippen LogP contribution >= 0.6 is 0 Å². The van der Waals surface area contributed by atoms with E-state index in [9.17, 15) is 30.7 Å². The van der Waals surface area contributed by atoms with Crippen molar-refractivity contribution >= 4 is 10.8 Å². The summed E-state index contributed by atoms with van der Waals surface area (Å²) < 4.78 is 131. The molecule has 0 unspecified atom stereocenters. The molecule has 0 aromatic heterocycles. The molecule has 0 bridgehead atoms. The quantitative estimate of drug-likeness (QED) is 0.170. The van der Waals surface area contributed by atoms with E-state index < -0.39 is 47.4 Å². The maximum Gasteiger partial charge on any atom is 0.527 e. The Labute approximate surface area is 253 Å². The predicted octanol–water partition coefficient (Wildman–Crippen LogP) is 11.3. The Hall–Kier alpha value is -3.73. The molecule has 240 valence electrons. The average molecular weight is 641 g/mol. The van der Waals surface area contributed by atoms with E-state index in [2.05, 4.69) is 42.0 Å². The van der Waals surface area contributed by atoms with Crippen LogP contribution in [0.25, 0.3) is 21.9 Å². The lowest BCUT2D eigenvalue weighted by Crippen LogP contribution is -2.37. The maximum atomic E-state index is 15.2. The van der Waals surface area contributed by atoms with Gasteiger partial charge in [-0.1, -0.05) is 55.8 Å². The molecule has 11 heteroatoms. The Morgan fingerprint density at radius 3 is 2.04 bits per heavy atom. The van der Waals surface area contributed by atoms with Gasteiger partial charge in [0.1, 0.15) is 17.4 Å². The van der Waals surface area contributed by atoms with Gasteiger partial charge in [-0.3, -0.25) is 0 Å². The first-order chi connectivity index (χ1) is 21.1. The Morgan fingerprint density at radius 2 is 1.40 bits per heavy atom. The van der Waals surface area contributed by atoms with Crippen LogP contribution in [-0.2, 0) is 17.3 Å². The molecule has 0 atom stereocenters. The van der Waals surface area contributed by atoms with Crippen LogP contribution in [0.4, 0.5) is 39.5 Å². The molecule has 2 nitrogen and oxygen atoms in total. The van der Waals surface area contributed by atoms with Gasteiger partial charge in [0, 0.05) is 11.6 Å². The van der Waals surface area contributed by atoms with Crippen LogP contribution in [0.1, 0.15) is 61.6 Å². The summed E-state index contributed by atoms with van der Waals surface area (Å²) in [4.78, 5) is 0. The number of benzene rings is 4. The number of ether oxygens (including phenoxy) is 2. The monoisotopic (exact) mass is 640 g/mol. The summed E-state index contributed by atoms with van der Waals surface area (Å²) in [6.07, 6.45) is -10.9. The van der Waals surface area contributed by atoms with Gasteiger partial charge in [0.2, 0.25) is 0 Å². The van der Waals surface area contributed by atoms with E-state index in [0.717, 1.165) is 47.4 Å². The molecule has 0 N–H and O–H groups in total. The van der Waals surface area contributed by atoms with Crippen LogP contribution in [0.2, 0.25) is 0 Å². The molecule has 5 rings (SSSR count). The van der Waals surface area contributed by atoms with Crippen molar-refractivity contribution in [3.8, 4) is 16.9 Å². The van der Waals surface area contributed by atoms with Gasteiger partial charge in [-0.05, 0) is 89.8 Å². The number of hydrogen-bond acceptors (Lipinski definition) is 2. The second-order valence-electron chi connectivity index (χ2n) is 11.3. The average Bonchev–Trinajstić information content (AvgIpc) is 2.95. The molecule has 1 saturated carbocycles. The summed E-state index contributed by atoms with van der Waals surface area (Å²) in [6, 6.07) is 16.7. The van der Waals surface area contributed by atoms with Crippen LogP contribution in [0, 0.1) is 17.6 Å². The van der Waals surface area contributed by atoms with E-state index in [1.807, 2.05) is 6.07 Å². The SMILES string of the molecule is CCCc1ccc2cc(C3CCC(C(F)(F)Oc4ccc(-c5ccc(C(F)(F)OC(F)(F)F)c(F)c5)c(F)c4)CC3)ccc2c1. The molecule has 1 fully saturated rings. The van der Waals surface area contributed by atoms with Crippen LogP contribution in [-0.4, -0.2) is 12.5 Å². The topological polar surface area (TPSA) is 18.5 Å². The second-order valence-corrected chi connectivity index (χ2v) is 11.3. The first kappa shape index (κ1) is 32.7. The lowest BCUT2D eigenvalue weighted by molar-refractivity contribution is -0.432. The predicted molar refractivity (Wildman–Crippen MR) is 151 cm³/mol. The number of fused-ring (bicyclic) bond motifs is 1. The van der Waals surface area contributed by atoms with Crippen molar-refractivity contribution in [2.24, 2.45) is 5.92 Å². The molecule has 1 aliphatic rings. The normalized spacial score (nSPS) is 17.9. The Balaban J connectivity index is 1.23. The number of rotatable bonds is 9. The molecule has 0 heterocycles. The molecule has 1 aliphatic carbocycles. The van der Waals surface area contributed by atoms with Crippen molar-refractivity contribution in [2.75, 3.05) is 0 Å². The Kier molecular flexibility index (Phi) is 9.13. The third-order valence-corrected chi connectivity index (χ3v) is 8.17. The summed E-state index contributed by atoms with van der Waals surface area (Å²) >= 11 is 0. The first-order valence-electron chi connectivity index (χ1n) is 14.5. The first-order valence-corrected chi connectivity index (χ1v) is 14.5. The third-order valence-electron chi connectivity index (χ3n) is 8.17. The Morgan fingerprint density at radius 1 is 0.711 bits per heavy atom. The standard InChI is InChI=1S/C34H29F9O2/c1-2-3-20-4-5-24-17-23(7-6-22(24)16-20)21-8-11-26(12-9-21)32(37,38)44-27-13-14-28(30(35)19-27)25-10-15-29(31(36)18-25)33(39,40)45-34(41,42)43/h4-7,10,13-19,21,26H,2-3,8-9,11-12H2,1H3. The second kappa shape index (κ2) is 12.6. The van der Waals surface area contributed by atoms with E-state index in [-0.39, 0.29) is 29.9 Å². The largest absolute Gasteiger partial charge is 0.527 e. The van der Waals surface area contributed by atoms with Gasteiger partial charge >= 0.3 is 18.6 Å². The number of halogens is 9. The molecule has 0 amide bonds. The summed E-state index contributed by atoms with van der Waals surface area (Å²) in [5, 5.41) is 2.23. The number of aryl methyl sites for hydroxylation is 1. The molecule has 4 aromatic carbocycles.